The SMILES string of the molecule is COc1nc(-c2cccc(-c3cccc(Nc4nc(C(F)(F)F)cc5c4c(=O)n(C)c(=O)n5C)c3C)c2Cl)cc2c1CCC2.O=C1NC2(CCNC2)CCN1CCO. The zero-order valence-electron chi connectivity index (χ0n) is 32.5. The molecule has 58 heavy (non-hydrogen) atoms. The number of anilines is 2. The number of hydrogen-bond donors (Lipinski definition) is 4. The lowest BCUT2D eigenvalue weighted by Crippen LogP contribution is -2.61. The van der Waals surface area contributed by atoms with Crippen molar-refractivity contribution >= 4 is 40.0 Å². The minimum absolute atomic E-state index is 0.0109. The number of fused-ring (bicyclic) bond motifs is 2. The van der Waals surface area contributed by atoms with Crippen molar-refractivity contribution in [3.8, 4) is 28.3 Å². The van der Waals surface area contributed by atoms with Crippen LogP contribution in [-0.2, 0) is 33.1 Å². The molecule has 306 valence electrons. The average molecular weight is 821 g/mol. The molecule has 1 aliphatic carbocycles. The van der Waals surface area contributed by atoms with Gasteiger partial charge in [0.2, 0.25) is 5.88 Å². The number of hydrogen-bond acceptors (Lipinski definition) is 9. The lowest BCUT2D eigenvalue weighted by atomic mass is 9.92. The summed E-state index contributed by atoms with van der Waals surface area (Å²) in [6, 6.07) is 13.6. The van der Waals surface area contributed by atoms with Crippen molar-refractivity contribution in [2.24, 2.45) is 14.1 Å². The Morgan fingerprint density at radius 1 is 1.00 bits per heavy atom. The van der Waals surface area contributed by atoms with Gasteiger partial charge in [0, 0.05) is 56.1 Å². The number of nitrogens with zero attached hydrogens (tertiary/aromatic N) is 5. The number of carbonyl (C=O) groups excluding carboxylic acids is 1. The zero-order valence-corrected chi connectivity index (χ0v) is 33.3. The summed E-state index contributed by atoms with van der Waals surface area (Å²) in [7, 11) is 4.17. The van der Waals surface area contributed by atoms with E-state index in [1.807, 2.05) is 30.3 Å². The molecule has 0 saturated carbocycles. The molecule has 1 unspecified atom stereocenters. The third-order valence-electron chi connectivity index (χ3n) is 11.3. The Morgan fingerprint density at radius 2 is 1.74 bits per heavy atom. The molecular weight excluding hydrogens is 777 g/mol. The van der Waals surface area contributed by atoms with Gasteiger partial charge in [-0.3, -0.25) is 13.9 Å². The lowest BCUT2D eigenvalue weighted by Gasteiger charge is -2.39. The van der Waals surface area contributed by atoms with Gasteiger partial charge in [-0.05, 0) is 80.5 Å². The quantitative estimate of drug-likeness (QED) is 0.162. The third kappa shape index (κ3) is 7.63. The Balaban J connectivity index is 0.000000307. The topological polar surface area (TPSA) is 156 Å². The Kier molecular flexibility index (Phi) is 11.3. The van der Waals surface area contributed by atoms with E-state index in [9.17, 15) is 27.6 Å². The van der Waals surface area contributed by atoms with Crippen LogP contribution in [-0.4, -0.2) is 80.6 Å². The first kappa shape index (κ1) is 40.7. The number of aliphatic hydroxyl groups is 1. The number of urea groups is 1. The van der Waals surface area contributed by atoms with Crippen LogP contribution in [0.4, 0.5) is 29.5 Å². The second kappa shape index (κ2) is 16.1. The molecule has 3 aliphatic rings. The highest BCUT2D eigenvalue weighted by molar-refractivity contribution is 6.36. The number of rotatable bonds is 7. The van der Waals surface area contributed by atoms with Gasteiger partial charge in [0.05, 0.1) is 35.5 Å². The van der Waals surface area contributed by atoms with E-state index in [4.69, 9.17) is 26.4 Å². The number of methoxy groups -OCH3 is 1. The van der Waals surface area contributed by atoms with Gasteiger partial charge in [-0.2, -0.15) is 13.2 Å². The van der Waals surface area contributed by atoms with Gasteiger partial charge in [0.25, 0.3) is 5.56 Å². The number of aromatic nitrogens is 4. The van der Waals surface area contributed by atoms with E-state index in [-0.39, 0.29) is 34.9 Å². The number of aryl methyl sites for hydroxylation is 2. The van der Waals surface area contributed by atoms with Crippen molar-refractivity contribution in [2.45, 2.75) is 50.7 Å². The lowest BCUT2D eigenvalue weighted by molar-refractivity contribution is -0.141. The molecule has 0 radical (unpaired) electrons. The van der Waals surface area contributed by atoms with E-state index >= 15 is 0 Å². The first-order chi connectivity index (χ1) is 27.7. The Morgan fingerprint density at radius 3 is 2.43 bits per heavy atom. The molecule has 13 nitrogen and oxygen atoms in total. The van der Waals surface area contributed by atoms with Gasteiger partial charge >= 0.3 is 17.9 Å². The second-order valence-electron chi connectivity index (χ2n) is 14.8. The summed E-state index contributed by atoms with van der Waals surface area (Å²) in [6.07, 6.45) is 0.0537. The van der Waals surface area contributed by atoms with Crippen molar-refractivity contribution in [3.63, 3.8) is 0 Å². The van der Waals surface area contributed by atoms with Crippen molar-refractivity contribution in [2.75, 3.05) is 45.2 Å². The Labute approximate surface area is 336 Å². The number of alkyl halides is 3. The van der Waals surface area contributed by atoms with Crippen LogP contribution in [0.1, 0.15) is 41.6 Å². The molecule has 2 fully saturated rings. The molecule has 8 rings (SSSR count). The predicted octanol–water partition coefficient (Wildman–Crippen LogP) is 5.71. The maximum Gasteiger partial charge on any atom is 0.433 e. The standard InChI is InChI=1S/C32H27ClF3N5O3.C9H17N3O2/c1-16-18(20-11-6-12-21(27(20)33)23-14-17-8-5-10-19(17)29(38-23)44-4)9-7-13-22(16)37-28-26-24(15-25(39-28)32(34,35)36)40(2)31(43)41(3)30(26)42;13-6-5-12-4-2-9(11-8(12)14)1-3-10-7-9/h6-7,9,11-15H,5,8,10H2,1-4H3,(H,37,39);10,13H,1-7H2,(H,11,14). The number of amides is 2. The molecule has 2 aliphatic heterocycles. The number of benzene rings is 2. The van der Waals surface area contributed by atoms with E-state index in [1.54, 1.807) is 31.1 Å². The van der Waals surface area contributed by atoms with Gasteiger partial charge in [-0.1, -0.05) is 41.9 Å². The van der Waals surface area contributed by atoms with Gasteiger partial charge < -0.3 is 30.7 Å². The molecular formula is C41H44ClF3N8O5. The fourth-order valence-electron chi connectivity index (χ4n) is 8.02. The summed E-state index contributed by atoms with van der Waals surface area (Å²) in [5, 5.41) is 18.3. The van der Waals surface area contributed by atoms with E-state index in [0.717, 1.165) is 66.4 Å². The van der Waals surface area contributed by atoms with Crippen molar-refractivity contribution in [1.29, 1.82) is 0 Å². The highest BCUT2D eigenvalue weighted by Crippen LogP contribution is 2.42. The molecule has 5 heterocycles. The first-order valence-electron chi connectivity index (χ1n) is 19.0. The normalized spacial score (nSPS) is 17.6. The van der Waals surface area contributed by atoms with Crippen molar-refractivity contribution in [1.82, 2.24) is 34.6 Å². The number of carbonyl (C=O) groups is 1. The van der Waals surface area contributed by atoms with Crippen LogP contribution >= 0.6 is 11.6 Å². The van der Waals surface area contributed by atoms with Crippen molar-refractivity contribution < 1.29 is 27.8 Å². The summed E-state index contributed by atoms with van der Waals surface area (Å²) >= 11 is 7.01. The Hall–Kier alpha value is -5.45. The molecule has 2 aromatic carbocycles. The predicted molar refractivity (Wildman–Crippen MR) is 216 cm³/mol. The third-order valence-corrected chi connectivity index (χ3v) is 11.7. The largest absolute Gasteiger partial charge is 0.481 e. The van der Waals surface area contributed by atoms with Crippen molar-refractivity contribution in [3.05, 3.63) is 96.8 Å². The number of halogens is 4. The zero-order chi connectivity index (χ0) is 41.5. The summed E-state index contributed by atoms with van der Waals surface area (Å²) in [5.41, 5.74) is 3.19. The minimum atomic E-state index is -4.82. The summed E-state index contributed by atoms with van der Waals surface area (Å²) < 4.78 is 49.0. The molecule has 4 N–H and O–H groups in total. The molecule has 17 heteroatoms. The number of nitrogens with one attached hydrogen (secondary N) is 3. The molecule has 0 bridgehead atoms. The van der Waals surface area contributed by atoms with Crippen LogP contribution in [0.15, 0.2) is 58.1 Å². The molecule has 3 aromatic heterocycles. The van der Waals surface area contributed by atoms with E-state index in [1.165, 1.54) is 19.7 Å². The van der Waals surface area contributed by atoms with Crippen LogP contribution in [0.25, 0.3) is 33.3 Å². The summed E-state index contributed by atoms with van der Waals surface area (Å²) in [4.78, 5) is 47.5. The van der Waals surface area contributed by atoms with Crippen LogP contribution in [0.2, 0.25) is 5.02 Å². The van der Waals surface area contributed by atoms with Gasteiger partial charge in [0.1, 0.15) is 16.9 Å². The van der Waals surface area contributed by atoms with Crippen LogP contribution in [0.3, 0.4) is 0 Å². The van der Waals surface area contributed by atoms with Gasteiger partial charge in [-0.15, -0.1) is 0 Å². The fraction of sp³-hybridized carbons (Fsp3) is 0.390. The van der Waals surface area contributed by atoms with E-state index in [2.05, 4.69) is 20.9 Å². The van der Waals surface area contributed by atoms with Gasteiger partial charge in [0.15, 0.2) is 0 Å². The fourth-order valence-corrected chi connectivity index (χ4v) is 8.35. The molecule has 2 saturated heterocycles. The maximum absolute atomic E-state index is 13.9. The number of β-amino-alcohol motifs (C(OH)–C–C–N with tert-alkyl or cyclic N) is 1. The van der Waals surface area contributed by atoms with Crippen LogP contribution in [0, 0.1) is 6.92 Å². The molecule has 1 atom stereocenters. The minimum Gasteiger partial charge on any atom is -0.481 e. The molecule has 5 aromatic rings. The average Bonchev–Trinajstić information content (AvgIpc) is 3.87. The Bertz CT molecular complexity index is 2530. The smallest absolute Gasteiger partial charge is 0.433 e. The number of pyridine rings is 2. The van der Waals surface area contributed by atoms with E-state index in [0.29, 0.717) is 57.1 Å². The van der Waals surface area contributed by atoms with Crippen LogP contribution < -0.4 is 31.9 Å². The monoisotopic (exact) mass is 820 g/mol. The maximum atomic E-state index is 13.9. The summed E-state index contributed by atoms with van der Waals surface area (Å²) in [6.45, 7) is 4.90. The highest BCUT2D eigenvalue weighted by Gasteiger charge is 2.40. The first-order valence-corrected chi connectivity index (χ1v) is 19.3. The molecule has 2 amide bonds. The highest BCUT2D eigenvalue weighted by atomic mass is 35.5. The number of ether oxygens (including phenoxy) is 1. The number of aliphatic hydroxyl groups excluding tert-OH is 1. The van der Waals surface area contributed by atoms with Crippen LogP contribution in [0.5, 0.6) is 5.88 Å². The van der Waals surface area contributed by atoms with E-state index < -0.39 is 23.1 Å². The van der Waals surface area contributed by atoms with Gasteiger partial charge in [-0.25, -0.2) is 19.6 Å². The second-order valence-corrected chi connectivity index (χ2v) is 15.2. The summed E-state index contributed by atoms with van der Waals surface area (Å²) in [5.74, 6) is 0.267. The molecule has 1 spiro atoms.